The highest BCUT2D eigenvalue weighted by Crippen LogP contribution is 2.34. The van der Waals surface area contributed by atoms with Crippen LogP contribution in [0.25, 0.3) is 0 Å². The molecule has 9 nitrogen and oxygen atoms in total. The molecule has 1 aromatic heterocycles. The summed E-state index contributed by atoms with van der Waals surface area (Å²) in [5.41, 5.74) is 1.10. The van der Waals surface area contributed by atoms with Gasteiger partial charge in [0.15, 0.2) is 23.9 Å². The van der Waals surface area contributed by atoms with Crippen LogP contribution in [0.2, 0.25) is 0 Å². The SMILES string of the molecule is COc1cc(CN2CCCC2c2nc(C)no2)ccc1OCC(=O)N1CCOCC1. The van der Waals surface area contributed by atoms with Crippen LogP contribution in [0.4, 0.5) is 0 Å². The molecule has 0 spiro atoms. The summed E-state index contributed by atoms with van der Waals surface area (Å²) >= 11 is 0. The van der Waals surface area contributed by atoms with Crippen molar-refractivity contribution in [3.05, 3.63) is 35.5 Å². The predicted octanol–water partition coefficient (Wildman–Crippen LogP) is 1.96. The molecule has 30 heavy (non-hydrogen) atoms. The van der Waals surface area contributed by atoms with E-state index in [-0.39, 0.29) is 18.6 Å². The number of aromatic nitrogens is 2. The molecule has 2 aliphatic heterocycles. The molecule has 1 atom stereocenters. The van der Waals surface area contributed by atoms with E-state index in [0.717, 1.165) is 31.5 Å². The maximum Gasteiger partial charge on any atom is 0.260 e. The number of nitrogens with zero attached hydrogens (tertiary/aromatic N) is 4. The van der Waals surface area contributed by atoms with Gasteiger partial charge in [0, 0.05) is 19.6 Å². The van der Waals surface area contributed by atoms with E-state index in [1.54, 1.807) is 12.0 Å². The van der Waals surface area contributed by atoms with Crippen molar-refractivity contribution in [2.75, 3.05) is 46.6 Å². The van der Waals surface area contributed by atoms with Crippen molar-refractivity contribution >= 4 is 5.91 Å². The van der Waals surface area contributed by atoms with Crippen LogP contribution >= 0.6 is 0 Å². The van der Waals surface area contributed by atoms with Crippen molar-refractivity contribution in [2.45, 2.75) is 32.4 Å². The van der Waals surface area contributed by atoms with Crippen LogP contribution < -0.4 is 9.47 Å². The molecule has 4 rings (SSSR count). The Morgan fingerprint density at radius 1 is 1.23 bits per heavy atom. The number of ether oxygens (including phenoxy) is 3. The van der Waals surface area contributed by atoms with Gasteiger partial charge in [-0.3, -0.25) is 9.69 Å². The lowest BCUT2D eigenvalue weighted by molar-refractivity contribution is -0.137. The smallest absolute Gasteiger partial charge is 0.260 e. The minimum atomic E-state index is -0.0424. The Bertz CT molecular complexity index is 865. The Labute approximate surface area is 175 Å². The average Bonchev–Trinajstić information content (AvgIpc) is 3.41. The molecule has 1 unspecified atom stereocenters. The van der Waals surface area contributed by atoms with E-state index >= 15 is 0 Å². The van der Waals surface area contributed by atoms with Crippen LogP contribution in [0.3, 0.4) is 0 Å². The Morgan fingerprint density at radius 2 is 2.07 bits per heavy atom. The number of carbonyl (C=O) groups excluding carboxylic acids is 1. The number of carbonyl (C=O) groups is 1. The van der Waals surface area contributed by atoms with Crippen LogP contribution in [0.1, 0.15) is 36.2 Å². The van der Waals surface area contributed by atoms with E-state index in [1.165, 1.54) is 0 Å². The molecule has 162 valence electrons. The molecule has 2 aliphatic rings. The van der Waals surface area contributed by atoms with Gasteiger partial charge in [-0.05, 0) is 44.0 Å². The Kier molecular flexibility index (Phi) is 6.49. The molecule has 0 radical (unpaired) electrons. The first-order valence-corrected chi connectivity index (χ1v) is 10.3. The van der Waals surface area contributed by atoms with Crippen LogP contribution in [0, 0.1) is 6.92 Å². The molecule has 0 aliphatic carbocycles. The quantitative estimate of drug-likeness (QED) is 0.677. The lowest BCUT2D eigenvalue weighted by Gasteiger charge is -2.26. The van der Waals surface area contributed by atoms with Crippen molar-refractivity contribution in [2.24, 2.45) is 0 Å². The van der Waals surface area contributed by atoms with Crippen LogP contribution in [0.15, 0.2) is 22.7 Å². The van der Waals surface area contributed by atoms with Gasteiger partial charge < -0.3 is 23.6 Å². The van der Waals surface area contributed by atoms with E-state index in [2.05, 4.69) is 15.0 Å². The number of amides is 1. The number of methoxy groups -OCH3 is 1. The molecule has 2 fully saturated rings. The summed E-state index contributed by atoms with van der Waals surface area (Å²) in [4.78, 5) is 20.8. The number of hydrogen-bond donors (Lipinski definition) is 0. The lowest BCUT2D eigenvalue weighted by Crippen LogP contribution is -2.43. The number of benzene rings is 1. The summed E-state index contributed by atoms with van der Waals surface area (Å²) in [6, 6.07) is 5.97. The van der Waals surface area contributed by atoms with Crippen LogP contribution in [-0.4, -0.2) is 72.4 Å². The molecule has 0 N–H and O–H groups in total. The van der Waals surface area contributed by atoms with Gasteiger partial charge in [0.05, 0.1) is 26.4 Å². The van der Waals surface area contributed by atoms with Crippen molar-refractivity contribution in [1.82, 2.24) is 19.9 Å². The third-order valence-corrected chi connectivity index (χ3v) is 5.52. The first-order valence-electron chi connectivity index (χ1n) is 10.3. The Morgan fingerprint density at radius 3 is 2.80 bits per heavy atom. The number of morpholine rings is 1. The third-order valence-electron chi connectivity index (χ3n) is 5.52. The summed E-state index contributed by atoms with van der Waals surface area (Å²) in [6.07, 6.45) is 2.09. The highest BCUT2D eigenvalue weighted by Gasteiger charge is 2.30. The zero-order valence-electron chi connectivity index (χ0n) is 17.5. The third kappa shape index (κ3) is 4.73. The fourth-order valence-corrected chi connectivity index (χ4v) is 3.95. The fraction of sp³-hybridized carbons (Fsp3) is 0.571. The molecule has 3 heterocycles. The number of aryl methyl sites for hydroxylation is 1. The van der Waals surface area contributed by atoms with E-state index in [1.807, 2.05) is 25.1 Å². The molecule has 1 aromatic carbocycles. The zero-order chi connectivity index (χ0) is 20.9. The molecule has 0 bridgehead atoms. The van der Waals surface area contributed by atoms with Crippen LogP contribution in [-0.2, 0) is 16.1 Å². The summed E-state index contributed by atoms with van der Waals surface area (Å²) in [5.74, 6) is 2.48. The van der Waals surface area contributed by atoms with Gasteiger partial charge >= 0.3 is 0 Å². The Hall–Kier alpha value is -2.65. The minimum absolute atomic E-state index is 0.0135. The lowest BCUT2D eigenvalue weighted by atomic mass is 10.1. The highest BCUT2D eigenvalue weighted by atomic mass is 16.5. The average molecular weight is 416 g/mol. The topological polar surface area (TPSA) is 90.2 Å². The van der Waals surface area contributed by atoms with E-state index in [4.69, 9.17) is 18.7 Å². The molecule has 2 saturated heterocycles. The van der Waals surface area contributed by atoms with Gasteiger partial charge in [-0.15, -0.1) is 0 Å². The highest BCUT2D eigenvalue weighted by molar-refractivity contribution is 5.78. The fourth-order valence-electron chi connectivity index (χ4n) is 3.95. The first-order chi connectivity index (χ1) is 14.6. The second-order valence-corrected chi connectivity index (χ2v) is 7.58. The summed E-state index contributed by atoms with van der Waals surface area (Å²) < 4.78 is 21.9. The molecule has 1 amide bonds. The number of hydrogen-bond acceptors (Lipinski definition) is 8. The number of likely N-dealkylation sites (tertiary alicyclic amines) is 1. The minimum Gasteiger partial charge on any atom is -0.493 e. The molecule has 0 saturated carbocycles. The molecule has 2 aromatic rings. The van der Waals surface area contributed by atoms with Gasteiger partial charge in [0.1, 0.15) is 0 Å². The first kappa shape index (κ1) is 20.6. The largest absolute Gasteiger partial charge is 0.493 e. The van der Waals surface area contributed by atoms with Crippen molar-refractivity contribution in [1.29, 1.82) is 0 Å². The summed E-state index contributed by atoms with van der Waals surface area (Å²) in [5, 5.41) is 3.92. The second-order valence-electron chi connectivity index (χ2n) is 7.58. The van der Waals surface area contributed by atoms with Gasteiger partial charge in [-0.25, -0.2) is 0 Å². The number of rotatable bonds is 7. The maximum absolute atomic E-state index is 12.3. The standard InChI is InChI=1S/C21H28N4O5/c1-15-22-21(30-23-15)17-4-3-7-25(17)13-16-5-6-18(19(12-16)27-2)29-14-20(26)24-8-10-28-11-9-24/h5-6,12,17H,3-4,7-11,13-14H2,1-2H3. The summed E-state index contributed by atoms with van der Waals surface area (Å²) in [6.45, 7) is 5.90. The van der Waals surface area contributed by atoms with Crippen LogP contribution in [0.5, 0.6) is 11.5 Å². The zero-order valence-corrected chi connectivity index (χ0v) is 17.5. The van der Waals surface area contributed by atoms with Crippen molar-refractivity contribution in [3.8, 4) is 11.5 Å². The van der Waals surface area contributed by atoms with E-state index < -0.39 is 0 Å². The van der Waals surface area contributed by atoms with E-state index in [9.17, 15) is 4.79 Å². The van der Waals surface area contributed by atoms with Gasteiger partial charge in [0.25, 0.3) is 5.91 Å². The van der Waals surface area contributed by atoms with Gasteiger partial charge in [-0.1, -0.05) is 11.2 Å². The van der Waals surface area contributed by atoms with Gasteiger partial charge in [-0.2, -0.15) is 4.98 Å². The van der Waals surface area contributed by atoms with Crippen molar-refractivity contribution in [3.63, 3.8) is 0 Å². The molecular weight excluding hydrogens is 388 g/mol. The van der Waals surface area contributed by atoms with Gasteiger partial charge in [0.2, 0.25) is 5.89 Å². The maximum atomic E-state index is 12.3. The Balaban J connectivity index is 1.38. The summed E-state index contributed by atoms with van der Waals surface area (Å²) in [7, 11) is 1.61. The second kappa shape index (κ2) is 9.44. The van der Waals surface area contributed by atoms with Crippen molar-refractivity contribution < 1.29 is 23.5 Å². The molecule has 9 heteroatoms. The normalized spacial score (nSPS) is 19.8. The monoisotopic (exact) mass is 416 g/mol. The molecular formula is C21H28N4O5. The van der Waals surface area contributed by atoms with E-state index in [0.29, 0.717) is 49.5 Å². The predicted molar refractivity (Wildman–Crippen MR) is 107 cm³/mol.